The number of tetrazole rings is 1. The lowest BCUT2D eigenvalue weighted by atomic mass is 9.96. The van der Waals surface area contributed by atoms with Gasteiger partial charge in [0.25, 0.3) is 0 Å². The summed E-state index contributed by atoms with van der Waals surface area (Å²) in [4.78, 5) is 4.70. The van der Waals surface area contributed by atoms with Crippen LogP contribution in [0.3, 0.4) is 0 Å². The zero-order chi connectivity index (χ0) is 23.1. The van der Waals surface area contributed by atoms with E-state index in [-0.39, 0.29) is 0 Å². The van der Waals surface area contributed by atoms with E-state index < -0.39 is 0 Å². The summed E-state index contributed by atoms with van der Waals surface area (Å²) in [7, 11) is 2.02. The summed E-state index contributed by atoms with van der Waals surface area (Å²) in [5, 5.41) is 13.0. The normalized spacial score (nSPS) is 11.2. The molecule has 0 amide bonds. The topological polar surface area (TPSA) is 61.4 Å². The Hall–Kier alpha value is -4.58. The van der Waals surface area contributed by atoms with Crippen molar-refractivity contribution in [2.24, 2.45) is 7.05 Å². The molecule has 0 atom stereocenters. The molecule has 2 aromatic heterocycles. The highest BCUT2D eigenvalue weighted by Gasteiger charge is 2.20. The quantitative estimate of drug-likeness (QED) is 0.343. The van der Waals surface area contributed by atoms with Gasteiger partial charge in [-0.05, 0) is 46.7 Å². The van der Waals surface area contributed by atoms with Crippen molar-refractivity contribution in [2.75, 3.05) is 0 Å². The van der Waals surface area contributed by atoms with Crippen LogP contribution in [-0.2, 0) is 7.05 Å². The third-order valence-electron chi connectivity index (χ3n) is 6.25. The van der Waals surface area contributed by atoms with Gasteiger partial charge < -0.3 is 4.57 Å². The highest BCUT2D eigenvalue weighted by Crippen LogP contribution is 2.37. The van der Waals surface area contributed by atoms with Gasteiger partial charge in [-0.1, -0.05) is 78.9 Å². The SMILES string of the molecule is Cc1nc2cc(-c3nnnn3-c3c(-c4ccccc4)cccc3-c3ccccc3)ccc2n1C. The number of fused-ring (bicyclic) bond motifs is 1. The second-order valence-electron chi connectivity index (χ2n) is 8.27. The Labute approximate surface area is 197 Å². The van der Waals surface area contributed by atoms with Gasteiger partial charge in [0.05, 0.1) is 16.7 Å². The Morgan fingerprint density at radius 3 is 1.97 bits per heavy atom. The number of benzene rings is 4. The van der Waals surface area contributed by atoms with Crippen molar-refractivity contribution in [1.29, 1.82) is 0 Å². The molecule has 34 heavy (non-hydrogen) atoms. The average Bonchev–Trinajstić information content (AvgIpc) is 3.49. The van der Waals surface area contributed by atoms with Gasteiger partial charge in [-0.15, -0.1) is 5.10 Å². The van der Waals surface area contributed by atoms with E-state index in [9.17, 15) is 0 Å². The number of aromatic nitrogens is 6. The van der Waals surface area contributed by atoms with Gasteiger partial charge in [0.1, 0.15) is 5.82 Å². The van der Waals surface area contributed by atoms with Gasteiger partial charge in [0.15, 0.2) is 5.82 Å². The molecule has 0 aliphatic carbocycles. The predicted molar refractivity (Wildman–Crippen MR) is 134 cm³/mol. The van der Waals surface area contributed by atoms with Crippen molar-refractivity contribution in [1.82, 2.24) is 29.8 Å². The van der Waals surface area contributed by atoms with Gasteiger partial charge >= 0.3 is 0 Å². The zero-order valence-electron chi connectivity index (χ0n) is 18.9. The first-order valence-corrected chi connectivity index (χ1v) is 11.2. The highest BCUT2D eigenvalue weighted by molar-refractivity contribution is 5.87. The molecule has 164 valence electrons. The molecule has 0 aliphatic rings. The van der Waals surface area contributed by atoms with Crippen molar-refractivity contribution in [3.05, 3.63) is 103 Å². The number of hydrogen-bond acceptors (Lipinski definition) is 4. The molecular weight excluding hydrogens is 420 g/mol. The fraction of sp³-hybridized carbons (Fsp3) is 0.0714. The van der Waals surface area contributed by atoms with Crippen LogP contribution in [0.25, 0.3) is 50.4 Å². The summed E-state index contributed by atoms with van der Waals surface area (Å²) in [6.07, 6.45) is 0. The molecule has 6 heteroatoms. The first-order chi connectivity index (χ1) is 16.7. The minimum absolute atomic E-state index is 0.672. The van der Waals surface area contributed by atoms with Gasteiger partial charge in [-0.25, -0.2) is 4.98 Å². The van der Waals surface area contributed by atoms with Crippen molar-refractivity contribution in [2.45, 2.75) is 6.92 Å². The minimum atomic E-state index is 0.672. The third kappa shape index (κ3) is 3.28. The molecule has 0 saturated carbocycles. The molecule has 6 aromatic rings. The minimum Gasteiger partial charge on any atom is -0.331 e. The van der Waals surface area contributed by atoms with E-state index >= 15 is 0 Å². The number of hydrogen-bond donors (Lipinski definition) is 0. The van der Waals surface area contributed by atoms with Gasteiger partial charge in [-0.2, -0.15) is 4.68 Å². The van der Waals surface area contributed by atoms with E-state index in [0.29, 0.717) is 5.82 Å². The Morgan fingerprint density at radius 1 is 0.676 bits per heavy atom. The second kappa shape index (κ2) is 8.08. The molecule has 0 N–H and O–H groups in total. The first-order valence-electron chi connectivity index (χ1n) is 11.2. The molecule has 0 aliphatic heterocycles. The van der Waals surface area contributed by atoms with E-state index in [2.05, 4.69) is 80.8 Å². The number of aryl methyl sites for hydroxylation is 2. The number of imidazole rings is 1. The van der Waals surface area contributed by atoms with Crippen LogP contribution in [0.5, 0.6) is 0 Å². The molecular formula is C28H22N6. The smallest absolute Gasteiger partial charge is 0.187 e. The summed E-state index contributed by atoms with van der Waals surface area (Å²) in [5.41, 5.74) is 8.19. The average molecular weight is 443 g/mol. The van der Waals surface area contributed by atoms with Gasteiger partial charge in [0, 0.05) is 23.7 Å². The van der Waals surface area contributed by atoms with Gasteiger partial charge in [-0.3, -0.25) is 0 Å². The predicted octanol–water partition coefficient (Wildman–Crippen LogP) is 5.86. The number of nitrogens with zero attached hydrogens (tertiary/aromatic N) is 6. The molecule has 0 saturated heterocycles. The standard InChI is InChI=1S/C28H22N6/c1-19-29-25-18-22(16-17-26(25)33(19)2)28-30-31-32-34(28)27-23(20-10-5-3-6-11-20)14-9-15-24(27)21-12-7-4-8-13-21/h3-18H,1-2H3. The summed E-state index contributed by atoms with van der Waals surface area (Å²) >= 11 is 0. The van der Waals surface area contributed by atoms with E-state index in [0.717, 1.165) is 50.4 Å². The maximum absolute atomic E-state index is 4.70. The lowest BCUT2D eigenvalue weighted by Gasteiger charge is -2.16. The Morgan fingerprint density at radius 2 is 1.32 bits per heavy atom. The molecule has 0 unspecified atom stereocenters. The Bertz CT molecular complexity index is 1560. The third-order valence-corrected chi connectivity index (χ3v) is 6.25. The fourth-order valence-electron chi connectivity index (χ4n) is 4.45. The Balaban J connectivity index is 1.61. The lowest BCUT2D eigenvalue weighted by Crippen LogP contribution is -2.05. The zero-order valence-corrected chi connectivity index (χ0v) is 18.9. The van der Waals surface area contributed by atoms with Crippen LogP contribution >= 0.6 is 0 Å². The van der Waals surface area contributed by atoms with Crippen molar-refractivity contribution < 1.29 is 0 Å². The lowest BCUT2D eigenvalue weighted by molar-refractivity contribution is 0.793. The largest absolute Gasteiger partial charge is 0.331 e. The molecule has 6 rings (SSSR count). The molecule has 4 aromatic carbocycles. The summed E-state index contributed by atoms with van der Waals surface area (Å²) in [6, 6.07) is 33.2. The van der Waals surface area contributed by atoms with E-state index in [4.69, 9.17) is 4.98 Å². The van der Waals surface area contributed by atoms with Crippen LogP contribution in [-0.4, -0.2) is 29.8 Å². The summed E-state index contributed by atoms with van der Waals surface area (Å²) in [6.45, 7) is 2.01. The van der Waals surface area contributed by atoms with Crippen LogP contribution in [0.1, 0.15) is 5.82 Å². The van der Waals surface area contributed by atoms with Crippen molar-refractivity contribution >= 4 is 11.0 Å². The van der Waals surface area contributed by atoms with E-state index in [1.165, 1.54) is 0 Å². The monoisotopic (exact) mass is 442 g/mol. The van der Waals surface area contributed by atoms with Crippen LogP contribution < -0.4 is 0 Å². The van der Waals surface area contributed by atoms with Crippen LogP contribution in [0.4, 0.5) is 0 Å². The molecule has 2 heterocycles. The van der Waals surface area contributed by atoms with Crippen LogP contribution in [0.15, 0.2) is 97.1 Å². The van der Waals surface area contributed by atoms with E-state index in [1.54, 1.807) is 0 Å². The maximum atomic E-state index is 4.70. The maximum Gasteiger partial charge on any atom is 0.187 e. The number of para-hydroxylation sites is 1. The first kappa shape index (κ1) is 20.1. The molecule has 0 fully saturated rings. The summed E-state index contributed by atoms with van der Waals surface area (Å²) < 4.78 is 3.93. The molecule has 0 spiro atoms. The van der Waals surface area contributed by atoms with E-state index in [1.807, 2.05) is 55.1 Å². The highest BCUT2D eigenvalue weighted by atomic mass is 15.5. The van der Waals surface area contributed by atoms with Crippen LogP contribution in [0, 0.1) is 6.92 Å². The van der Waals surface area contributed by atoms with Crippen LogP contribution in [0.2, 0.25) is 0 Å². The fourth-order valence-corrected chi connectivity index (χ4v) is 4.45. The Kier molecular flexibility index (Phi) is 4.77. The van der Waals surface area contributed by atoms with Gasteiger partial charge in [0.2, 0.25) is 0 Å². The van der Waals surface area contributed by atoms with Crippen molar-refractivity contribution in [3.63, 3.8) is 0 Å². The summed E-state index contributed by atoms with van der Waals surface area (Å²) in [5.74, 6) is 1.64. The molecule has 0 bridgehead atoms. The number of rotatable bonds is 4. The second-order valence-corrected chi connectivity index (χ2v) is 8.27. The molecule has 6 nitrogen and oxygen atoms in total. The van der Waals surface area contributed by atoms with Crippen molar-refractivity contribution in [3.8, 4) is 39.3 Å². The molecule has 0 radical (unpaired) electrons.